The minimum atomic E-state index is 0.0101. The molecule has 1 heterocycles. The lowest BCUT2D eigenvalue weighted by Gasteiger charge is -2.15. The maximum atomic E-state index is 12.2. The Labute approximate surface area is 112 Å². The largest absolute Gasteiger partial charge is 0.347 e. The zero-order valence-corrected chi connectivity index (χ0v) is 11.5. The molecule has 0 saturated heterocycles. The molecule has 1 amide bonds. The average Bonchev–Trinajstić information content (AvgIpc) is 2.41. The Hall–Kier alpha value is -2.10. The Morgan fingerprint density at radius 3 is 2.58 bits per heavy atom. The summed E-state index contributed by atoms with van der Waals surface area (Å²) in [6.45, 7) is 2.20. The van der Waals surface area contributed by atoms with Gasteiger partial charge in [0.15, 0.2) is 5.43 Å². The highest BCUT2D eigenvalue weighted by Gasteiger charge is 2.11. The molecule has 0 spiro atoms. The fourth-order valence-corrected chi connectivity index (χ4v) is 2.08. The van der Waals surface area contributed by atoms with E-state index in [-0.39, 0.29) is 17.9 Å². The van der Waals surface area contributed by atoms with Crippen LogP contribution in [0.15, 0.2) is 35.3 Å². The standard InChI is InChI=1S/C15H18N2O2/c1-4-11-9-17(10-14(18)16(2)3)13-8-6-5-7-12(13)15(11)19/h5-9H,4,10H2,1-3H3. The molecule has 0 atom stereocenters. The number of nitrogens with zero attached hydrogens (tertiary/aromatic N) is 2. The molecule has 0 bridgehead atoms. The number of pyridine rings is 1. The second kappa shape index (κ2) is 5.26. The van der Waals surface area contributed by atoms with Crippen LogP contribution < -0.4 is 5.43 Å². The molecule has 0 radical (unpaired) electrons. The normalized spacial score (nSPS) is 10.7. The first-order valence-corrected chi connectivity index (χ1v) is 6.35. The minimum absolute atomic E-state index is 0.0101. The number of benzene rings is 1. The van der Waals surface area contributed by atoms with E-state index in [4.69, 9.17) is 0 Å². The van der Waals surface area contributed by atoms with Crippen LogP contribution in [0.25, 0.3) is 10.9 Å². The van der Waals surface area contributed by atoms with Gasteiger partial charge in [0.25, 0.3) is 0 Å². The Morgan fingerprint density at radius 1 is 1.26 bits per heavy atom. The van der Waals surface area contributed by atoms with Crippen LogP contribution in [0.2, 0.25) is 0 Å². The third-order valence-electron chi connectivity index (χ3n) is 3.25. The molecule has 100 valence electrons. The predicted octanol–water partition coefficient (Wildman–Crippen LogP) is 1.65. The summed E-state index contributed by atoms with van der Waals surface area (Å²) in [5.74, 6) is 0.0101. The van der Waals surface area contributed by atoms with Crippen LogP contribution >= 0.6 is 0 Å². The van der Waals surface area contributed by atoms with Crippen molar-refractivity contribution in [1.29, 1.82) is 0 Å². The van der Waals surface area contributed by atoms with Crippen LogP contribution in [0.4, 0.5) is 0 Å². The Balaban J connectivity index is 2.63. The lowest BCUT2D eigenvalue weighted by atomic mass is 10.1. The number of aromatic nitrogens is 1. The molecule has 0 saturated carbocycles. The molecule has 2 aromatic rings. The van der Waals surface area contributed by atoms with E-state index in [1.165, 1.54) is 0 Å². The molecule has 0 aliphatic rings. The van der Waals surface area contributed by atoms with Crippen molar-refractivity contribution < 1.29 is 4.79 Å². The van der Waals surface area contributed by atoms with Crippen molar-refractivity contribution in [2.24, 2.45) is 0 Å². The predicted molar refractivity (Wildman–Crippen MR) is 76.3 cm³/mol. The lowest BCUT2D eigenvalue weighted by molar-refractivity contribution is -0.129. The smallest absolute Gasteiger partial charge is 0.241 e. The zero-order valence-electron chi connectivity index (χ0n) is 11.5. The van der Waals surface area contributed by atoms with Gasteiger partial charge in [-0.1, -0.05) is 19.1 Å². The van der Waals surface area contributed by atoms with Gasteiger partial charge in [-0.2, -0.15) is 0 Å². The molecule has 4 nitrogen and oxygen atoms in total. The summed E-state index contributed by atoms with van der Waals surface area (Å²) < 4.78 is 1.86. The van der Waals surface area contributed by atoms with E-state index in [2.05, 4.69) is 0 Å². The Morgan fingerprint density at radius 2 is 1.95 bits per heavy atom. The van der Waals surface area contributed by atoms with Crippen LogP contribution in [-0.4, -0.2) is 29.5 Å². The number of hydrogen-bond donors (Lipinski definition) is 0. The minimum Gasteiger partial charge on any atom is -0.347 e. The van der Waals surface area contributed by atoms with E-state index >= 15 is 0 Å². The molecule has 2 rings (SSSR count). The van der Waals surface area contributed by atoms with Crippen molar-refractivity contribution in [2.75, 3.05) is 14.1 Å². The second-order valence-electron chi connectivity index (χ2n) is 4.77. The van der Waals surface area contributed by atoms with Crippen LogP contribution in [-0.2, 0) is 17.8 Å². The topological polar surface area (TPSA) is 42.3 Å². The third-order valence-corrected chi connectivity index (χ3v) is 3.25. The summed E-state index contributed by atoms with van der Waals surface area (Å²) in [6, 6.07) is 7.41. The lowest BCUT2D eigenvalue weighted by Crippen LogP contribution is -2.27. The number of fused-ring (bicyclic) bond motifs is 1. The number of hydrogen-bond acceptors (Lipinski definition) is 2. The van der Waals surface area contributed by atoms with Gasteiger partial charge < -0.3 is 9.47 Å². The molecule has 0 unspecified atom stereocenters. The first-order valence-electron chi connectivity index (χ1n) is 6.35. The average molecular weight is 258 g/mol. The molecule has 0 aliphatic heterocycles. The van der Waals surface area contributed by atoms with Gasteiger partial charge in [-0.15, -0.1) is 0 Å². The van der Waals surface area contributed by atoms with Crippen molar-refractivity contribution in [1.82, 2.24) is 9.47 Å². The van der Waals surface area contributed by atoms with E-state index in [0.29, 0.717) is 11.8 Å². The monoisotopic (exact) mass is 258 g/mol. The van der Waals surface area contributed by atoms with Gasteiger partial charge in [-0.05, 0) is 18.6 Å². The van der Waals surface area contributed by atoms with Crippen LogP contribution in [0.3, 0.4) is 0 Å². The van der Waals surface area contributed by atoms with Gasteiger partial charge >= 0.3 is 0 Å². The van der Waals surface area contributed by atoms with Crippen LogP contribution in [0.1, 0.15) is 12.5 Å². The van der Waals surface area contributed by atoms with E-state index < -0.39 is 0 Å². The quantitative estimate of drug-likeness (QED) is 0.840. The third kappa shape index (κ3) is 2.52. The van der Waals surface area contributed by atoms with Crippen molar-refractivity contribution in [3.8, 4) is 0 Å². The summed E-state index contributed by atoms with van der Waals surface area (Å²) in [6.07, 6.45) is 2.46. The summed E-state index contributed by atoms with van der Waals surface area (Å²) in [4.78, 5) is 25.6. The molecular formula is C15H18N2O2. The zero-order chi connectivity index (χ0) is 14.0. The van der Waals surface area contributed by atoms with Gasteiger partial charge in [0.05, 0.1) is 5.52 Å². The Bertz CT molecular complexity index is 671. The van der Waals surface area contributed by atoms with Gasteiger partial charge in [0.1, 0.15) is 6.54 Å². The summed E-state index contributed by atoms with van der Waals surface area (Å²) in [5, 5.41) is 0.674. The van der Waals surface area contributed by atoms with E-state index in [1.54, 1.807) is 25.2 Å². The highest BCUT2D eigenvalue weighted by Crippen LogP contribution is 2.12. The highest BCUT2D eigenvalue weighted by atomic mass is 16.2. The number of likely N-dealkylation sites (N-methyl/N-ethyl adjacent to an activating group) is 1. The molecule has 0 fully saturated rings. The highest BCUT2D eigenvalue weighted by molar-refractivity contribution is 5.82. The molecule has 1 aromatic heterocycles. The number of rotatable bonds is 3. The van der Waals surface area contributed by atoms with E-state index in [9.17, 15) is 9.59 Å². The SMILES string of the molecule is CCc1cn(CC(=O)N(C)C)c2ccccc2c1=O. The molecule has 19 heavy (non-hydrogen) atoms. The fourth-order valence-electron chi connectivity index (χ4n) is 2.08. The van der Waals surface area contributed by atoms with Crippen molar-refractivity contribution in [2.45, 2.75) is 19.9 Å². The Kier molecular flexibility index (Phi) is 3.69. The maximum absolute atomic E-state index is 12.2. The fraction of sp³-hybridized carbons (Fsp3) is 0.333. The van der Waals surface area contributed by atoms with Crippen LogP contribution in [0, 0.1) is 0 Å². The van der Waals surface area contributed by atoms with E-state index in [0.717, 1.165) is 11.1 Å². The first kappa shape index (κ1) is 13.3. The number of carbonyl (C=O) groups is 1. The first-order chi connectivity index (χ1) is 9.04. The molecule has 4 heteroatoms. The van der Waals surface area contributed by atoms with Gasteiger partial charge in [0.2, 0.25) is 5.91 Å². The molecule has 1 aromatic carbocycles. The summed E-state index contributed by atoms with van der Waals surface area (Å²) in [7, 11) is 3.46. The number of aryl methyl sites for hydroxylation is 1. The van der Waals surface area contributed by atoms with E-state index in [1.807, 2.05) is 35.8 Å². The second-order valence-corrected chi connectivity index (χ2v) is 4.77. The van der Waals surface area contributed by atoms with Gasteiger partial charge in [-0.25, -0.2) is 0 Å². The molecule has 0 N–H and O–H groups in total. The van der Waals surface area contributed by atoms with Gasteiger partial charge in [-0.3, -0.25) is 9.59 Å². The number of amides is 1. The number of carbonyl (C=O) groups excluding carboxylic acids is 1. The van der Waals surface area contributed by atoms with Crippen molar-refractivity contribution in [3.63, 3.8) is 0 Å². The molecular weight excluding hydrogens is 240 g/mol. The summed E-state index contributed by atoms with van der Waals surface area (Å²) >= 11 is 0. The number of para-hydroxylation sites is 1. The van der Waals surface area contributed by atoms with Gasteiger partial charge in [0, 0.05) is 31.2 Å². The van der Waals surface area contributed by atoms with Crippen molar-refractivity contribution >= 4 is 16.8 Å². The maximum Gasteiger partial charge on any atom is 0.241 e. The molecule has 0 aliphatic carbocycles. The van der Waals surface area contributed by atoms with Crippen molar-refractivity contribution in [3.05, 3.63) is 46.2 Å². The summed E-state index contributed by atoms with van der Waals surface area (Å²) in [5.41, 5.74) is 1.61. The van der Waals surface area contributed by atoms with Crippen LogP contribution in [0.5, 0.6) is 0 Å².